The molecule has 5 nitrogen and oxygen atoms in total. The minimum Gasteiger partial charge on any atom is -0.358 e. The quantitative estimate of drug-likeness (QED) is 0.867. The van der Waals surface area contributed by atoms with E-state index in [1.165, 1.54) is 0 Å². The number of aromatic nitrogens is 3. The lowest BCUT2D eigenvalue weighted by molar-refractivity contribution is -0.121. The molecule has 0 radical (unpaired) electrons. The molecule has 0 aliphatic carbocycles. The fourth-order valence-corrected chi connectivity index (χ4v) is 1.62. The molecule has 1 amide bonds. The van der Waals surface area contributed by atoms with Crippen molar-refractivity contribution in [3.63, 3.8) is 0 Å². The Balaban J connectivity index is 2.43. The van der Waals surface area contributed by atoms with Gasteiger partial charge in [-0.05, 0) is 6.07 Å². The molecular formula is C12H16N4O. The van der Waals surface area contributed by atoms with Gasteiger partial charge in [0, 0.05) is 30.7 Å². The summed E-state index contributed by atoms with van der Waals surface area (Å²) in [4.78, 5) is 20.2. The zero-order valence-electron chi connectivity index (χ0n) is 10.3. The Morgan fingerprint density at radius 1 is 1.53 bits per heavy atom. The minimum atomic E-state index is -0.0350. The van der Waals surface area contributed by atoms with Gasteiger partial charge in [-0.3, -0.25) is 4.79 Å². The molecule has 0 atom stereocenters. The van der Waals surface area contributed by atoms with Crippen molar-refractivity contribution in [2.75, 3.05) is 7.05 Å². The zero-order chi connectivity index (χ0) is 12.4. The van der Waals surface area contributed by atoms with Crippen molar-refractivity contribution < 1.29 is 4.79 Å². The molecule has 0 unspecified atom stereocenters. The van der Waals surface area contributed by atoms with Crippen molar-refractivity contribution in [3.05, 3.63) is 24.3 Å². The average Bonchev–Trinajstić information content (AvgIpc) is 2.71. The third-order valence-corrected chi connectivity index (χ3v) is 2.63. The predicted molar refractivity (Wildman–Crippen MR) is 65.7 cm³/mol. The second kappa shape index (κ2) is 4.53. The molecule has 0 aliphatic rings. The van der Waals surface area contributed by atoms with Crippen molar-refractivity contribution in [2.45, 2.75) is 26.3 Å². The second-order valence-electron chi connectivity index (χ2n) is 4.28. The molecule has 0 aromatic carbocycles. The Morgan fingerprint density at radius 2 is 2.29 bits per heavy atom. The third-order valence-electron chi connectivity index (χ3n) is 2.63. The minimum absolute atomic E-state index is 0.0350. The highest BCUT2D eigenvalue weighted by Crippen LogP contribution is 2.16. The smallest absolute Gasteiger partial charge is 0.239 e. The maximum Gasteiger partial charge on any atom is 0.239 e. The summed E-state index contributed by atoms with van der Waals surface area (Å²) in [5, 5.41) is 3.56. The van der Waals surface area contributed by atoms with E-state index in [1.54, 1.807) is 13.2 Å². The summed E-state index contributed by atoms with van der Waals surface area (Å²) < 4.78 is 1.84. The number of hydrogen-bond donors (Lipinski definition) is 1. The molecule has 0 bridgehead atoms. The summed E-state index contributed by atoms with van der Waals surface area (Å²) in [6, 6.07) is 1.92. The van der Waals surface area contributed by atoms with Crippen LogP contribution in [0.1, 0.15) is 25.6 Å². The Hall–Kier alpha value is -1.91. The van der Waals surface area contributed by atoms with E-state index in [2.05, 4.69) is 15.3 Å². The van der Waals surface area contributed by atoms with E-state index in [1.807, 2.05) is 30.7 Å². The lowest BCUT2D eigenvalue weighted by Gasteiger charge is -2.06. The van der Waals surface area contributed by atoms with Crippen molar-refractivity contribution in [3.8, 4) is 0 Å². The van der Waals surface area contributed by atoms with Gasteiger partial charge in [-0.25, -0.2) is 9.97 Å². The van der Waals surface area contributed by atoms with Crippen LogP contribution >= 0.6 is 0 Å². The van der Waals surface area contributed by atoms with Crippen LogP contribution in [0.25, 0.3) is 11.0 Å². The van der Waals surface area contributed by atoms with Gasteiger partial charge in [0.1, 0.15) is 18.0 Å². The molecule has 0 spiro atoms. The Bertz CT molecular complexity index is 544. The van der Waals surface area contributed by atoms with Crippen LogP contribution in [-0.4, -0.2) is 27.5 Å². The van der Waals surface area contributed by atoms with E-state index < -0.39 is 0 Å². The van der Waals surface area contributed by atoms with E-state index in [0.717, 1.165) is 16.9 Å². The van der Waals surface area contributed by atoms with Gasteiger partial charge in [-0.15, -0.1) is 0 Å². The van der Waals surface area contributed by atoms with Crippen molar-refractivity contribution in [2.24, 2.45) is 0 Å². The second-order valence-corrected chi connectivity index (χ2v) is 4.28. The topological polar surface area (TPSA) is 59.8 Å². The van der Waals surface area contributed by atoms with E-state index in [9.17, 15) is 4.79 Å². The van der Waals surface area contributed by atoms with Crippen LogP contribution in [-0.2, 0) is 11.3 Å². The number of carbonyl (C=O) groups is 1. The number of rotatable bonds is 3. The van der Waals surface area contributed by atoms with Crippen molar-refractivity contribution in [1.29, 1.82) is 0 Å². The first-order valence-corrected chi connectivity index (χ1v) is 5.64. The Kier molecular flexibility index (Phi) is 3.08. The monoisotopic (exact) mass is 232 g/mol. The summed E-state index contributed by atoms with van der Waals surface area (Å²) >= 11 is 0. The summed E-state index contributed by atoms with van der Waals surface area (Å²) in [6.45, 7) is 4.38. The molecule has 17 heavy (non-hydrogen) atoms. The van der Waals surface area contributed by atoms with Gasteiger partial charge in [0.05, 0.1) is 0 Å². The summed E-state index contributed by atoms with van der Waals surface area (Å²) in [5.74, 6) is 1.05. The number of nitrogens with one attached hydrogen (secondary N) is 1. The van der Waals surface area contributed by atoms with E-state index in [4.69, 9.17) is 0 Å². The highest BCUT2D eigenvalue weighted by molar-refractivity contribution is 5.80. The number of nitrogens with zero attached hydrogens (tertiary/aromatic N) is 3. The van der Waals surface area contributed by atoms with E-state index in [-0.39, 0.29) is 18.4 Å². The van der Waals surface area contributed by atoms with E-state index in [0.29, 0.717) is 0 Å². The highest BCUT2D eigenvalue weighted by Gasteiger charge is 2.09. The first-order chi connectivity index (χ1) is 8.11. The zero-order valence-corrected chi connectivity index (χ0v) is 10.3. The summed E-state index contributed by atoms with van der Waals surface area (Å²) in [6.07, 6.45) is 3.66. The number of fused-ring (bicyclic) bond motifs is 1. The van der Waals surface area contributed by atoms with Crippen LogP contribution in [0.15, 0.2) is 18.5 Å². The van der Waals surface area contributed by atoms with Crippen LogP contribution in [0.3, 0.4) is 0 Å². The Morgan fingerprint density at radius 3 is 2.94 bits per heavy atom. The molecule has 0 saturated heterocycles. The molecule has 2 aromatic heterocycles. The van der Waals surface area contributed by atoms with Crippen LogP contribution in [0.4, 0.5) is 0 Å². The molecule has 90 valence electrons. The molecule has 2 aromatic rings. The fourth-order valence-electron chi connectivity index (χ4n) is 1.62. The fraction of sp³-hybridized carbons (Fsp3) is 0.417. The first kappa shape index (κ1) is 11.6. The van der Waals surface area contributed by atoms with Gasteiger partial charge in [0.25, 0.3) is 0 Å². The third kappa shape index (κ3) is 2.27. The average molecular weight is 232 g/mol. The maximum atomic E-state index is 11.4. The number of hydrogen-bond acceptors (Lipinski definition) is 3. The van der Waals surface area contributed by atoms with Gasteiger partial charge >= 0.3 is 0 Å². The largest absolute Gasteiger partial charge is 0.358 e. The summed E-state index contributed by atoms with van der Waals surface area (Å²) in [5.41, 5.74) is 0.812. The molecule has 0 fully saturated rings. The van der Waals surface area contributed by atoms with Crippen LogP contribution in [0, 0.1) is 0 Å². The lowest BCUT2D eigenvalue weighted by Crippen LogP contribution is -2.23. The van der Waals surface area contributed by atoms with Gasteiger partial charge < -0.3 is 9.88 Å². The van der Waals surface area contributed by atoms with Gasteiger partial charge in [-0.2, -0.15) is 0 Å². The predicted octanol–water partition coefficient (Wildman–Crippen LogP) is 1.30. The number of likely N-dealkylation sites (N-methyl/N-ethyl adjacent to an activating group) is 1. The number of carbonyl (C=O) groups excluding carboxylic acids is 1. The molecule has 5 heteroatoms. The van der Waals surface area contributed by atoms with Gasteiger partial charge in [-0.1, -0.05) is 13.8 Å². The molecule has 2 heterocycles. The van der Waals surface area contributed by atoms with Gasteiger partial charge in [0.15, 0.2) is 0 Å². The molecule has 2 rings (SSSR count). The normalized spacial score (nSPS) is 11.1. The van der Waals surface area contributed by atoms with Crippen LogP contribution in [0.2, 0.25) is 0 Å². The maximum absolute atomic E-state index is 11.4. The first-order valence-electron chi connectivity index (χ1n) is 5.64. The summed E-state index contributed by atoms with van der Waals surface area (Å²) in [7, 11) is 1.63. The molecule has 0 aliphatic heterocycles. The standard InChI is InChI=1S/C12H16N4O/c1-8(2)11-14-6-9-4-5-16(12(9)15-11)7-10(17)13-3/h4-6,8H,7H2,1-3H3,(H,13,17). The van der Waals surface area contributed by atoms with Crippen LogP contribution in [0.5, 0.6) is 0 Å². The number of amides is 1. The van der Waals surface area contributed by atoms with Gasteiger partial charge in [0.2, 0.25) is 5.91 Å². The van der Waals surface area contributed by atoms with Crippen molar-refractivity contribution in [1.82, 2.24) is 19.9 Å². The molecule has 1 N–H and O–H groups in total. The highest BCUT2D eigenvalue weighted by atomic mass is 16.1. The van der Waals surface area contributed by atoms with Crippen molar-refractivity contribution >= 4 is 16.9 Å². The lowest BCUT2D eigenvalue weighted by atomic mass is 10.2. The van der Waals surface area contributed by atoms with E-state index >= 15 is 0 Å². The Labute approximate surface area is 99.9 Å². The molecule has 0 saturated carbocycles. The molecular weight excluding hydrogens is 216 g/mol. The SMILES string of the molecule is CNC(=O)Cn1ccc2cnc(C(C)C)nc21. The van der Waals surface area contributed by atoms with Crippen LogP contribution < -0.4 is 5.32 Å².